The quantitative estimate of drug-likeness (QED) is 0.811. The van der Waals surface area contributed by atoms with E-state index < -0.39 is 10.0 Å². The van der Waals surface area contributed by atoms with Crippen LogP contribution in [0.15, 0.2) is 71.3 Å². The van der Waals surface area contributed by atoms with Crippen molar-refractivity contribution in [2.45, 2.75) is 6.61 Å². The number of nitrogens with zero attached hydrogens (tertiary/aromatic N) is 2. The number of amidine groups is 1. The molecule has 0 N–H and O–H groups in total. The maximum Gasteiger partial charge on any atom is 0.256 e. The zero-order valence-electron chi connectivity index (χ0n) is 14.4. The molecule has 0 radical (unpaired) electrons. The van der Waals surface area contributed by atoms with Crippen molar-refractivity contribution >= 4 is 21.4 Å². The van der Waals surface area contributed by atoms with E-state index in [1.807, 2.05) is 41.5 Å². The highest BCUT2D eigenvalue weighted by Gasteiger charge is 2.28. The summed E-state index contributed by atoms with van der Waals surface area (Å²) in [6.07, 6.45) is 5.49. The van der Waals surface area contributed by atoms with Gasteiger partial charge in [-0.05, 0) is 35.9 Å². The van der Waals surface area contributed by atoms with Gasteiger partial charge in [0.2, 0.25) is 0 Å². The van der Waals surface area contributed by atoms with Crippen molar-refractivity contribution in [2.24, 2.45) is 4.40 Å². The number of benzene rings is 2. The fraction of sp³-hybridized carbons (Fsp3) is 0.150. The van der Waals surface area contributed by atoms with E-state index in [9.17, 15) is 12.8 Å². The van der Waals surface area contributed by atoms with Gasteiger partial charge in [-0.2, -0.15) is 0 Å². The second kappa shape index (κ2) is 7.00. The number of halogens is 1. The smallest absolute Gasteiger partial charge is 0.256 e. The Hall–Kier alpha value is -2.93. The molecule has 2 aliphatic rings. The topological polar surface area (TPSA) is 59.0 Å². The molecule has 0 saturated heterocycles. The maximum atomic E-state index is 13.4. The summed E-state index contributed by atoms with van der Waals surface area (Å²) in [5.74, 6) is 0.646. The van der Waals surface area contributed by atoms with Crippen molar-refractivity contribution in [3.05, 3.63) is 83.8 Å². The summed E-state index contributed by atoms with van der Waals surface area (Å²) in [5, 5.41) is 0. The van der Waals surface area contributed by atoms with E-state index in [0.29, 0.717) is 29.3 Å². The van der Waals surface area contributed by atoms with Gasteiger partial charge >= 0.3 is 0 Å². The van der Waals surface area contributed by atoms with Crippen LogP contribution in [0.4, 0.5) is 4.39 Å². The van der Waals surface area contributed by atoms with E-state index in [1.165, 1.54) is 12.1 Å². The van der Waals surface area contributed by atoms with Gasteiger partial charge in [0.15, 0.2) is 5.84 Å². The molecule has 0 bridgehead atoms. The van der Waals surface area contributed by atoms with Gasteiger partial charge in [0.25, 0.3) is 10.0 Å². The van der Waals surface area contributed by atoms with Crippen LogP contribution in [0.2, 0.25) is 0 Å². The molecular weight excluding hydrogens is 367 g/mol. The van der Waals surface area contributed by atoms with E-state index in [0.717, 1.165) is 5.56 Å². The molecule has 2 aromatic rings. The summed E-state index contributed by atoms with van der Waals surface area (Å²) >= 11 is 0. The molecule has 0 fully saturated rings. The molecule has 0 amide bonds. The summed E-state index contributed by atoms with van der Waals surface area (Å²) in [7, 11) is -3.48. The highest BCUT2D eigenvalue weighted by molar-refractivity contribution is 7.90. The molecule has 0 aliphatic carbocycles. The number of rotatable bonds is 4. The molecule has 4 rings (SSSR count). The van der Waals surface area contributed by atoms with Gasteiger partial charge in [-0.15, -0.1) is 4.40 Å². The Morgan fingerprint density at radius 2 is 2.00 bits per heavy atom. The summed E-state index contributed by atoms with van der Waals surface area (Å²) in [6.45, 7) is 0.563. The van der Waals surface area contributed by atoms with Crippen LogP contribution in [0.3, 0.4) is 0 Å². The average molecular weight is 384 g/mol. The molecule has 7 heteroatoms. The predicted octanol–water partition coefficient (Wildman–Crippen LogP) is 3.36. The molecule has 138 valence electrons. The van der Waals surface area contributed by atoms with Gasteiger partial charge < -0.3 is 9.64 Å². The molecule has 0 atom stereocenters. The summed E-state index contributed by atoms with van der Waals surface area (Å²) in [4.78, 5) is 1.82. The fourth-order valence-corrected chi connectivity index (χ4v) is 4.01. The normalized spacial score (nSPS) is 17.7. The lowest BCUT2D eigenvalue weighted by Gasteiger charge is -2.29. The minimum Gasteiger partial charge on any atom is -0.488 e. The van der Waals surface area contributed by atoms with E-state index in [2.05, 4.69) is 4.40 Å². The monoisotopic (exact) mass is 384 g/mol. The SMILES string of the molecule is O=S1(=O)CCN2C=CC=C(c3ccccc3OCc3cccc(F)c3)C2=N1. The summed E-state index contributed by atoms with van der Waals surface area (Å²) in [5.41, 5.74) is 2.12. The number of allylic oxidation sites excluding steroid dienone is 2. The second-order valence-corrected chi connectivity index (χ2v) is 7.99. The first-order valence-corrected chi connectivity index (χ1v) is 10.1. The molecule has 2 aromatic carbocycles. The number of para-hydroxylation sites is 1. The Kier molecular flexibility index (Phi) is 4.53. The molecule has 27 heavy (non-hydrogen) atoms. The van der Waals surface area contributed by atoms with Gasteiger partial charge in [0.05, 0.1) is 5.75 Å². The largest absolute Gasteiger partial charge is 0.488 e. The lowest BCUT2D eigenvalue weighted by atomic mass is 10.0. The predicted molar refractivity (Wildman–Crippen MR) is 102 cm³/mol. The third-order valence-corrected chi connectivity index (χ3v) is 5.47. The second-order valence-electron chi connectivity index (χ2n) is 6.23. The Labute approximate surface area is 157 Å². The molecule has 0 saturated carbocycles. The minimum absolute atomic E-state index is 0.00810. The molecule has 0 aromatic heterocycles. The number of hydrogen-bond acceptors (Lipinski definition) is 4. The minimum atomic E-state index is -3.48. The lowest BCUT2D eigenvalue weighted by molar-refractivity contribution is 0.305. The van der Waals surface area contributed by atoms with E-state index in [1.54, 1.807) is 18.2 Å². The van der Waals surface area contributed by atoms with Crippen LogP contribution < -0.4 is 4.74 Å². The third kappa shape index (κ3) is 3.78. The molecule has 2 aliphatic heterocycles. The van der Waals surface area contributed by atoms with Crippen molar-refractivity contribution in [1.82, 2.24) is 4.90 Å². The Morgan fingerprint density at radius 3 is 2.85 bits per heavy atom. The molecular formula is C20H17FN2O3S. The van der Waals surface area contributed by atoms with Crippen molar-refractivity contribution in [3.8, 4) is 5.75 Å². The first-order valence-electron chi connectivity index (χ1n) is 8.47. The van der Waals surface area contributed by atoms with Crippen LogP contribution >= 0.6 is 0 Å². The van der Waals surface area contributed by atoms with Crippen LogP contribution in [0, 0.1) is 5.82 Å². The maximum absolute atomic E-state index is 13.4. The van der Waals surface area contributed by atoms with Crippen LogP contribution in [-0.4, -0.2) is 31.5 Å². The number of hydrogen-bond donors (Lipinski definition) is 0. The average Bonchev–Trinajstić information content (AvgIpc) is 2.66. The van der Waals surface area contributed by atoms with E-state index in [4.69, 9.17) is 4.74 Å². The number of sulfonamides is 1. The number of fused-ring (bicyclic) bond motifs is 1. The lowest BCUT2D eigenvalue weighted by Crippen LogP contribution is -2.37. The van der Waals surface area contributed by atoms with Gasteiger partial charge in [-0.1, -0.05) is 30.3 Å². The van der Waals surface area contributed by atoms with Crippen molar-refractivity contribution in [2.75, 3.05) is 12.3 Å². The molecule has 0 unspecified atom stereocenters. The van der Waals surface area contributed by atoms with Gasteiger partial charge in [-0.3, -0.25) is 0 Å². The zero-order valence-corrected chi connectivity index (χ0v) is 15.2. The third-order valence-electron chi connectivity index (χ3n) is 4.32. The highest BCUT2D eigenvalue weighted by Crippen LogP contribution is 2.32. The van der Waals surface area contributed by atoms with Crippen molar-refractivity contribution in [3.63, 3.8) is 0 Å². The molecule has 5 nitrogen and oxygen atoms in total. The zero-order chi connectivity index (χ0) is 18.9. The first-order chi connectivity index (χ1) is 13.0. The van der Waals surface area contributed by atoms with Crippen LogP contribution in [0.25, 0.3) is 5.57 Å². The van der Waals surface area contributed by atoms with Gasteiger partial charge in [-0.25, -0.2) is 12.8 Å². The van der Waals surface area contributed by atoms with Crippen molar-refractivity contribution < 1.29 is 17.5 Å². The van der Waals surface area contributed by atoms with Gasteiger partial charge in [0.1, 0.15) is 18.2 Å². The van der Waals surface area contributed by atoms with Gasteiger partial charge in [0, 0.05) is 23.9 Å². The molecule has 0 spiro atoms. The van der Waals surface area contributed by atoms with Crippen molar-refractivity contribution in [1.29, 1.82) is 0 Å². The summed E-state index contributed by atoms with van der Waals surface area (Å²) < 4.78 is 47.2. The Bertz CT molecular complexity index is 1070. The molecule has 2 heterocycles. The Balaban J connectivity index is 1.67. The standard InChI is InChI=1S/C20H17FN2O3S/c21-16-6-3-5-15(13-16)14-26-19-9-2-1-7-17(19)18-8-4-10-23-11-12-27(24,25)22-20(18)23/h1-10,13H,11-12,14H2. The van der Waals surface area contributed by atoms with Crippen LogP contribution in [0.5, 0.6) is 5.75 Å². The van der Waals surface area contributed by atoms with Crippen LogP contribution in [-0.2, 0) is 16.6 Å². The van der Waals surface area contributed by atoms with E-state index >= 15 is 0 Å². The fourth-order valence-electron chi connectivity index (χ4n) is 3.03. The van der Waals surface area contributed by atoms with Crippen LogP contribution in [0.1, 0.15) is 11.1 Å². The summed E-state index contributed by atoms with van der Waals surface area (Å²) in [6, 6.07) is 13.6. The highest BCUT2D eigenvalue weighted by atomic mass is 32.2. The Morgan fingerprint density at radius 1 is 1.15 bits per heavy atom. The first kappa shape index (κ1) is 17.5. The number of ether oxygens (including phenoxy) is 1. The van der Waals surface area contributed by atoms with E-state index in [-0.39, 0.29) is 18.2 Å².